The standard InChI is InChI=1S/C13H14ClN3O/c1-9(18)7-8-12-15-13(17(2)16-12)10-5-3-4-6-11(10)14/h3-6H,7-8H2,1-2H3. The smallest absolute Gasteiger partial charge is 0.159 e. The maximum atomic E-state index is 10.9. The second kappa shape index (κ2) is 5.31. The van der Waals surface area contributed by atoms with E-state index in [-0.39, 0.29) is 5.78 Å². The third kappa shape index (κ3) is 2.76. The normalized spacial score (nSPS) is 10.6. The Bertz CT molecular complexity index is 577. The second-order valence-electron chi connectivity index (χ2n) is 4.16. The molecule has 18 heavy (non-hydrogen) atoms. The summed E-state index contributed by atoms with van der Waals surface area (Å²) in [5, 5.41) is 4.94. The summed E-state index contributed by atoms with van der Waals surface area (Å²) in [4.78, 5) is 15.4. The molecule has 0 unspecified atom stereocenters. The van der Waals surface area contributed by atoms with Gasteiger partial charge in [0.15, 0.2) is 11.6 Å². The fraction of sp³-hybridized carbons (Fsp3) is 0.308. The molecule has 0 saturated heterocycles. The zero-order chi connectivity index (χ0) is 13.1. The molecule has 0 aliphatic carbocycles. The van der Waals surface area contributed by atoms with E-state index in [2.05, 4.69) is 10.1 Å². The van der Waals surface area contributed by atoms with E-state index in [0.29, 0.717) is 23.7 Å². The van der Waals surface area contributed by atoms with Crippen LogP contribution in [-0.2, 0) is 18.3 Å². The van der Waals surface area contributed by atoms with Gasteiger partial charge in [-0.2, -0.15) is 5.10 Å². The number of Topliss-reactive ketones (excluding diaryl/α,β-unsaturated/α-hetero) is 1. The van der Waals surface area contributed by atoms with E-state index in [1.807, 2.05) is 31.3 Å². The highest BCUT2D eigenvalue weighted by molar-refractivity contribution is 6.33. The fourth-order valence-corrected chi connectivity index (χ4v) is 1.93. The van der Waals surface area contributed by atoms with Crippen LogP contribution in [0.5, 0.6) is 0 Å². The third-order valence-corrected chi connectivity index (χ3v) is 2.95. The molecule has 2 aromatic rings. The molecule has 0 aliphatic rings. The van der Waals surface area contributed by atoms with Crippen molar-refractivity contribution >= 4 is 17.4 Å². The number of aromatic nitrogens is 3. The van der Waals surface area contributed by atoms with Crippen molar-refractivity contribution in [1.29, 1.82) is 0 Å². The van der Waals surface area contributed by atoms with Crippen LogP contribution >= 0.6 is 11.6 Å². The Labute approximate surface area is 111 Å². The van der Waals surface area contributed by atoms with Crippen LogP contribution in [0.2, 0.25) is 5.02 Å². The lowest BCUT2D eigenvalue weighted by molar-refractivity contribution is -0.117. The number of hydrogen-bond donors (Lipinski definition) is 0. The zero-order valence-electron chi connectivity index (χ0n) is 10.4. The zero-order valence-corrected chi connectivity index (χ0v) is 11.1. The Hall–Kier alpha value is -1.68. The number of aryl methyl sites for hydroxylation is 2. The minimum Gasteiger partial charge on any atom is -0.300 e. The monoisotopic (exact) mass is 263 g/mol. The predicted molar refractivity (Wildman–Crippen MR) is 70.5 cm³/mol. The quantitative estimate of drug-likeness (QED) is 0.852. The van der Waals surface area contributed by atoms with Crippen LogP contribution in [0.3, 0.4) is 0 Å². The summed E-state index contributed by atoms with van der Waals surface area (Å²) in [6, 6.07) is 7.51. The lowest BCUT2D eigenvalue weighted by Crippen LogP contribution is -1.97. The number of nitrogens with zero attached hydrogens (tertiary/aromatic N) is 3. The van der Waals surface area contributed by atoms with Gasteiger partial charge in [-0.15, -0.1) is 0 Å². The van der Waals surface area contributed by atoms with E-state index in [4.69, 9.17) is 11.6 Å². The van der Waals surface area contributed by atoms with Crippen LogP contribution in [0.4, 0.5) is 0 Å². The number of carbonyl (C=O) groups excluding carboxylic acids is 1. The largest absolute Gasteiger partial charge is 0.300 e. The summed E-state index contributed by atoms with van der Waals surface area (Å²) in [6.07, 6.45) is 1.03. The first-order valence-electron chi connectivity index (χ1n) is 5.72. The van der Waals surface area contributed by atoms with Crippen LogP contribution < -0.4 is 0 Å². The number of ketones is 1. The maximum absolute atomic E-state index is 10.9. The SMILES string of the molecule is CC(=O)CCc1nc(-c2ccccc2Cl)n(C)n1. The molecule has 1 aromatic carbocycles. The van der Waals surface area contributed by atoms with E-state index >= 15 is 0 Å². The number of hydrogen-bond acceptors (Lipinski definition) is 3. The van der Waals surface area contributed by atoms with Gasteiger partial charge in [-0.1, -0.05) is 23.7 Å². The van der Waals surface area contributed by atoms with Crippen molar-refractivity contribution in [3.05, 3.63) is 35.1 Å². The molecule has 94 valence electrons. The van der Waals surface area contributed by atoms with E-state index in [0.717, 1.165) is 11.4 Å². The van der Waals surface area contributed by atoms with Crippen molar-refractivity contribution in [2.75, 3.05) is 0 Å². The van der Waals surface area contributed by atoms with Gasteiger partial charge < -0.3 is 4.79 Å². The van der Waals surface area contributed by atoms with Gasteiger partial charge in [-0.05, 0) is 19.1 Å². The Morgan fingerprint density at radius 2 is 2.11 bits per heavy atom. The van der Waals surface area contributed by atoms with Crippen LogP contribution in [0.1, 0.15) is 19.2 Å². The van der Waals surface area contributed by atoms with E-state index in [9.17, 15) is 4.79 Å². The minimum atomic E-state index is 0.141. The third-order valence-electron chi connectivity index (χ3n) is 2.62. The van der Waals surface area contributed by atoms with Crippen molar-refractivity contribution in [2.45, 2.75) is 19.8 Å². The Balaban J connectivity index is 2.30. The molecule has 0 bridgehead atoms. The van der Waals surface area contributed by atoms with Gasteiger partial charge in [0.2, 0.25) is 0 Å². The topological polar surface area (TPSA) is 47.8 Å². The lowest BCUT2D eigenvalue weighted by atomic mass is 10.2. The summed E-state index contributed by atoms with van der Waals surface area (Å²) in [5.41, 5.74) is 0.850. The van der Waals surface area contributed by atoms with Gasteiger partial charge in [0.1, 0.15) is 5.78 Å². The summed E-state index contributed by atoms with van der Waals surface area (Å²) < 4.78 is 1.69. The van der Waals surface area contributed by atoms with Crippen molar-refractivity contribution in [3.63, 3.8) is 0 Å². The van der Waals surface area contributed by atoms with Gasteiger partial charge in [-0.3, -0.25) is 0 Å². The second-order valence-corrected chi connectivity index (χ2v) is 4.56. The molecule has 1 heterocycles. The summed E-state index contributed by atoms with van der Waals surface area (Å²) in [6.45, 7) is 1.57. The molecule has 0 fully saturated rings. The molecule has 0 spiro atoms. The van der Waals surface area contributed by atoms with E-state index < -0.39 is 0 Å². The molecule has 0 amide bonds. The van der Waals surface area contributed by atoms with Crippen LogP contribution in [0.15, 0.2) is 24.3 Å². The van der Waals surface area contributed by atoms with Crippen LogP contribution in [-0.4, -0.2) is 20.5 Å². The lowest BCUT2D eigenvalue weighted by Gasteiger charge is -2.01. The molecular formula is C13H14ClN3O. The highest BCUT2D eigenvalue weighted by atomic mass is 35.5. The van der Waals surface area contributed by atoms with Crippen LogP contribution in [0.25, 0.3) is 11.4 Å². The summed E-state index contributed by atoms with van der Waals surface area (Å²) >= 11 is 6.13. The minimum absolute atomic E-state index is 0.141. The molecule has 5 heteroatoms. The van der Waals surface area contributed by atoms with Crippen molar-refractivity contribution in [3.8, 4) is 11.4 Å². The Kier molecular flexibility index (Phi) is 3.77. The summed E-state index contributed by atoms with van der Waals surface area (Å²) in [7, 11) is 1.82. The summed E-state index contributed by atoms with van der Waals surface area (Å²) in [5.74, 6) is 1.53. The van der Waals surface area contributed by atoms with Crippen molar-refractivity contribution in [1.82, 2.24) is 14.8 Å². The highest BCUT2D eigenvalue weighted by Gasteiger charge is 2.12. The van der Waals surface area contributed by atoms with Crippen molar-refractivity contribution in [2.24, 2.45) is 7.05 Å². The number of benzene rings is 1. The molecule has 0 N–H and O–H groups in total. The highest BCUT2D eigenvalue weighted by Crippen LogP contribution is 2.25. The molecule has 0 saturated carbocycles. The number of rotatable bonds is 4. The van der Waals surface area contributed by atoms with Gasteiger partial charge >= 0.3 is 0 Å². The Morgan fingerprint density at radius 3 is 2.78 bits per heavy atom. The molecule has 0 radical (unpaired) electrons. The average Bonchev–Trinajstić information content (AvgIpc) is 2.69. The fourth-order valence-electron chi connectivity index (χ4n) is 1.71. The van der Waals surface area contributed by atoms with E-state index in [1.54, 1.807) is 11.6 Å². The first-order valence-corrected chi connectivity index (χ1v) is 6.10. The first kappa shape index (κ1) is 12.8. The Morgan fingerprint density at radius 1 is 1.39 bits per heavy atom. The van der Waals surface area contributed by atoms with Gasteiger partial charge in [-0.25, -0.2) is 9.67 Å². The molecule has 4 nitrogen and oxygen atoms in total. The van der Waals surface area contributed by atoms with Gasteiger partial charge in [0.25, 0.3) is 0 Å². The molecule has 0 aliphatic heterocycles. The number of halogens is 1. The van der Waals surface area contributed by atoms with Crippen molar-refractivity contribution < 1.29 is 4.79 Å². The number of carbonyl (C=O) groups is 1. The first-order chi connectivity index (χ1) is 8.58. The molecule has 0 atom stereocenters. The van der Waals surface area contributed by atoms with Gasteiger partial charge in [0, 0.05) is 25.5 Å². The van der Waals surface area contributed by atoms with Gasteiger partial charge in [0.05, 0.1) is 5.02 Å². The maximum Gasteiger partial charge on any atom is 0.159 e. The molecule has 2 rings (SSSR count). The average molecular weight is 264 g/mol. The van der Waals surface area contributed by atoms with Crippen LogP contribution in [0, 0.1) is 0 Å². The van der Waals surface area contributed by atoms with E-state index in [1.165, 1.54) is 0 Å². The molecular weight excluding hydrogens is 250 g/mol. The molecule has 1 aromatic heterocycles. The predicted octanol–water partition coefficient (Wildman–Crippen LogP) is 2.66.